The highest BCUT2D eigenvalue weighted by atomic mass is 19.1. The van der Waals surface area contributed by atoms with E-state index in [0.29, 0.717) is 18.7 Å². The molecule has 88 valence electrons. The molecule has 0 unspecified atom stereocenters. The van der Waals surface area contributed by atoms with Crippen molar-refractivity contribution < 1.29 is 9.18 Å². The molecule has 1 aromatic carbocycles. The van der Waals surface area contributed by atoms with Gasteiger partial charge in [0.1, 0.15) is 11.5 Å². The van der Waals surface area contributed by atoms with Crippen molar-refractivity contribution in [2.45, 2.75) is 19.9 Å². The molecule has 4 heteroatoms. The summed E-state index contributed by atoms with van der Waals surface area (Å²) >= 11 is 0. The lowest BCUT2D eigenvalue weighted by Crippen LogP contribution is -2.10. The van der Waals surface area contributed by atoms with Crippen LogP contribution in [0.4, 0.5) is 4.39 Å². The quantitative estimate of drug-likeness (QED) is 0.759. The maximum atomic E-state index is 12.8. The molecule has 0 N–H and O–H groups in total. The van der Waals surface area contributed by atoms with Crippen LogP contribution >= 0.6 is 0 Å². The Balaban J connectivity index is 2.21. The second-order valence-electron chi connectivity index (χ2n) is 3.78. The first-order valence-electron chi connectivity index (χ1n) is 5.50. The van der Waals surface area contributed by atoms with E-state index in [-0.39, 0.29) is 11.6 Å². The highest BCUT2D eigenvalue weighted by Gasteiger charge is 2.09. The van der Waals surface area contributed by atoms with Crippen molar-refractivity contribution in [3.8, 4) is 0 Å². The van der Waals surface area contributed by atoms with E-state index < -0.39 is 0 Å². The minimum atomic E-state index is -0.265. The Labute approximate surface area is 98.9 Å². The van der Waals surface area contributed by atoms with E-state index in [0.717, 1.165) is 5.56 Å². The number of ketones is 1. The average Bonchev–Trinajstić information content (AvgIpc) is 2.79. The third-order valence-electron chi connectivity index (χ3n) is 2.57. The van der Waals surface area contributed by atoms with Crippen molar-refractivity contribution in [3.63, 3.8) is 0 Å². The zero-order valence-electron chi connectivity index (χ0n) is 9.56. The lowest BCUT2D eigenvalue weighted by molar-refractivity contribution is 0.0978. The normalized spacial score (nSPS) is 10.5. The first kappa shape index (κ1) is 11.5. The van der Waals surface area contributed by atoms with Gasteiger partial charge in [-0.05, 0) is 23.8 Å². The number of nitrogens with zero attached hydrogens (tertiary/aromatic N) is 2. The molecule has 0 radical (unpaired) electrons. The van der Waals surface area contributed by atoms with E-state index in [9.17, 15) is 9.18 Å². The van der Waals surface area contributed by atoms with Gasteiger partial charge in [0.25, 0.3) is 0 Å². The summed E-state index contributed by atoms with van der Waals surface area (Å²) < 4.78 is 14.4. The van der Waals surface area contributed by atoms with Gasteiger partial charge in [-0.2, -0.15) is 5.10 Å². The van der Waals surface area contributed by atoms with Crippen molar-refractivity contribution in [2.24, 2.45) is 0 Å². The van der Waals surface area contributed by atoms with Crippen LogP contribution < -0.4 is 0 Å². The third kappa shape index (κ3) is 2.58. The first-order chi connectivity index (χ1) is 8.20. The highest BCUT2D eigenvalue weighted by Crippen LogP contribution is 2.08. The van der Waals surface area contributed by atoms with E-state index in [2.05, 4.69) is 5.10 Å². The van der Waals surface area contributed by atoms with Crippen LogP contribution in [0.2, 0.25) is 0 Å². The van der Waals surface area contributed by atoms with E-state index in [4.69, 9.17) is 0 Å². The molecule has 0 aliphatic heterocycles. The molecule has 0 bridgehead atoms. The molecule has 0 aliphatic carbocycles. The van der Waals surface area contributed by atoms with Gasteiger partial charge >= 0.3 is 0 Å². The first-order valence-corrected chi connectivity index (χ1v) is 5.50. The Hall–Kier alpha value is -1.97. The molecule has 2 rings (SSSR count). The zero-order chi connectivity index (χ0) is 12.3. The summed E-state index contributed by atoms with van der Waals surface area (Å²) in [5.41, 5.74) is 1.51. The van der Waals surface area contributed by atoms with Crippen molar-refractivity contribution in [1.29, 1.82) is 0 Å². The second-order valence-corrected chi connectivity index (χ2v) is 3.78. The summed E-state index contributed by atoms with van der Waals surface area (Å²) in [6.45, 7) is 2.30. The molecule has 0 fully saturated rings. The Morgan fingerprint density at radius 1 is 1.29 bits per heavy atom. The molecule has 1 aromatic heterocycles. The predicted molar refractivity (Wildman–Crippen MR) is 62.4 cm³/mol. The maximum absolute atomic E-state index is 12.8. The molecule has 3 nitrogen and oxygen atoms in total. The van der Waals surface area contributed by atoms with Crippen molar-refractivity contribution in [1.82, 2.24) is 9.78 Å². The Bertz CT molecular complexity index is 516. The fourth-order valence-corrected chi connectivity index (χ4v) is 1.64. The SMILES string of the molecule is CCC(=O)c1ccnn1Cc1ccc(F)cc1. The average molecular weight is 232 g/mol. The lowest BCUT2D eigenvalue weighted by atomic mass is 10.2. The van der Waals surface area contributed by atoms with Crippen LogP contribution in [0.15, 0.2) is 36.5 Å². The predicted octanol–water partition coefficient (Wildman–Crippen LogP) is 2.66. The van der Waals surface area contributed by atoms with Gasteiger partial charge in [0.15, 0.2) is 5.78 Å². The van der Waals surface area contributed by atoms with Gasteiger partial charge in [-0.15, -0.1) is 0 Å². The monoisotopic (exact) mass is 232 g/mol. The van der Waals surface area contributed by atoms with Gasteiger partial charge in [-0.1, -0.05) is 19.1 Å². The summed E-state index contributed by atoms with van der Waals surface area (Å²) in [7, 11) is 0. The summed E-state index contributed by atoms with van der Waals surface area (Å²) in [4.78, 5) is 11.6. The number of benzene rings is 1. The second kappa shape index (κ2) is 4.91. The number of Topliss-reactive ketones (excluding diaryl/α,β-unsaturated/α-hetero) is 1. The minimum Gasteiger partial charge on any atom is -0.292 e. The number of carbonyl (C=O) groups is 1. The molecule has 1 heterocycles. The molecule has 0 amide bonds. The van der Waals surface area contributed by atoms with Gasteiger partial charge in [0.2, 0.25) is 0 Å². The third-order valence-corrected chi connectivity index (χ3v) is 2.57. The van der Waals surface area contributed by atoms with E-state index in [1.807, 2.05) is 6.92 Å². The minimum absolute atomic E-state index is 0.0598. The van der Waals surface area contributed by atoms with Gasteiger partial charge in [-0.25, -0.2) is 4.39 Å². The van der Waals surface area contributed by atoms with Crippen LogP contribution in [0.1, 0.15) is 29.4 Å². The van der Waals surface area contributed by atoms with Crippen LogP contribution in [-0.4, -0.2) is 15.6 Å². The number of aromatic nitrogens is 2. The van der Waals surface area contributed by atoms with E-state index >= 15 is 0 Å². The lowest BCUT2D eigenvalue weighted by Gasteiger charge is -2.06. The summed E-state index contributed by atoms with van der Waals surface area (Å²) in [5, 5.41) is 4.11. The van der Waals surface area contributed by atoms with Gasteiger partial charge in [0, 0.05) is 12.6 Å². The van der Waals surface area contributed by atoms with Gasteiger partial charge < -0.3 is 0 Å². The van der Waals surface area contributed by atoms with E-state index in [1.165, 1.54) is 12.1 Å². The fraction of sp³-hybridized carbons (Fsp3) is 0.231. The molecule has 0 saturated heterocycles. The summed E-state index contributed by atoms with van der Waals surface area (Å²) in [5.74, 6) is -0.205. The van der Waals surface area contributed by atoms with Gasteiger partial charge in [0.05, 0.1) is 6.54 Å². The van der Waals surface area contributed by atoms with Crippen LogP contribution in [0, 0.1) is 5.82 Å². The van der Waals surface area contributed by atoms with Crippen LogP contribution in [0.3, 0.4) is 0 Å². The fourth-order valence-electron chi connectivity index (χ4n) is 1.64. The molecule has 2 aromatic rings. The van der Waals surface area contributed by atoms with E-state index in [1.54, 1.807) is 29.1 Å². The molecular weight excluding hydrogens is 219 g/mol. The molecule has 0 saturated carbocycles. The Morgan fingerprint density at radius 3 is 2.65 bits per heavy atom. The molecule has 17 heavy (non-hydrogen) atoms. The summed E-state index contributed by atoms with van der Waals surface area (Å²) in [6.07, 6.45) is 2.06. The molecule has 0 spiro atoms. The topological polar surface area (TPSA) is 34.9 Å². The Kier molecular flexibility index (Phi) is 3.32. The number of hydrogen-bond donors (Lipinski definition) is 0. The van der Waals surface area contributed by atoms with Crippen molar-refractivity contribution >= 4 is 5.78 Å². The maximum Gasteiger partial charge on any atom is 0.180 e. The van der Waals surface area contributed by atoms with Gasteiger partial charge in [-0.3, -0.25) is 9.48 Å². The van der Waals surface area contributed by atoms with Crippen LogP contribution in [0.25, 0.3) is 0 Å². The number of carbonyl (C=O) groups excluding carboxylic acids is 1. The smallest absolute Gasteiger partial charge is 0.180 e. The number of rotatable bonds is 4. The van der Waals surface area contributed by atoms with Crippen molar-refractivity contribution in [3.05, 3.63) is 53.6 Å². The standard InChI is InChI=1S/C13H13FN2O/c1-2-13(17)12-7-8-15-16(12)9-10-3-5-11(14)6-4-10/h3-8H,2,9H2,1H3. The molecular formula is C13H13FN2O. The summed E-state index contributed by atoms with van der Waals surface area (Å²) in [6, 6.07) is 7.89. The zero-order valence-corrected chi connectivity index (χ0v) is 9.56. The Morgan fingerprint density at radius 2 is 2.00 bits per heavy atom. The largest absolute Gasteiger partial charge is 0.292 e. The van der Waals surface area contributed by atoms with Crippen LogP contribution in [-0.2, 0) is 6.54 Å². The highest BCUT2D eigenvalue weighted by molar-refractivity contribution is 5.94. The molecule has 0 atom stereocenters. The van der Waals surface area contributed by atoms with Crippen LogP contribution in [0.5, 0.6) is 0 Å². The number of halogens is 1. The number of hydrogen-bond acceptors (Lipinski definition) is 2. The van der Waals surface area contributed by atoms with Crippen molar-refractivity contribution in [2.75, 3.05) is 0 Å². The molecule has 0 aliphatic rings.